The second-order valence-electron chi connectivity index (χ2n) is 5.29. The lowest BCUT2D eigenvalue weighted by Crippen LogP contribution is -2.40. The van der Waals surface area contributed by atoms with Gasteiger partial charge in [-0.25, -0.2) is 0 Å². The molecule has 1 aromatic rings. The van der Waals surface area contributed by atoms with Crippen molar-refractivity contribution in [1.82, 2.24) is 5.32 Å². The molecule has 0 heterocycles. The maximum Gasteiger partial charge on any atom is 0.230 e. The van der Waals surface area contributed by atoms with Gasteiger partial charge in [-0.05, 0) is 56.5 Å². The van der Waals surface area contributed by atoms with Crippen LogP contribution in [0, 0.1) is 5.92 Å². The Labute approximate surface area is 143 Å². The van der Waals surface area contributed by atoms with Crippen LogP contribution in [0.2, 0.25) is 0 Å². The summed E-state index contributed by atoms with van der Waals surface area (Å²) in [4.78, 5) is 13.1. The van der Waals surface area contributed by atoms with E-state index in [-0.39, 0.29) is 24.4 Å². The first-order valence-corrected chi connectivity index (χ1v) is 8.56. The maximum absolute atomic E-state index is 12.0. The number of benzene rings is 1. The average Bonchev–Trinajstić information content (AvgIpc) is 2.94. The smallest absolute Gasteiger partial charge is 0.230 e. The van der Waals surface area contributed by atoms with Gasteiger partial charge in [0.25, 0.3) is 0 Å². The summed E-state index contributed by atoms with van der Waals surface area (Å²) in [6.45, 7) is 3.29. The number of halogens is 1. The van der Waals surface area contributed by atoms with Crippen LogP contribution in [0.5, 0.6) is 5.75 Å². The topological polar surface area (TPSA) is 64.3 Å². The summed E-state index contributed by atoms with van der Waals surface area (Å²) < 4.78 is 5.40. The minimum absolute atomic E-state index is 0. The van der Waals surface area contributed by atoms with Gasteiger partial charge in [-0.15, -0.1) is 24.2 Å². The molecule has 0 aromatic heterocycles. The normalized spacial score (nSPS) is 20.3. The number of thioether (sulfide) groups is 1. The Kier molecular flexibility index (Phi) is 8.68. The molecular formula is C16H25ClN2O2S. The molecule has 22 heavy (non-hydrogen) atoms. The third kappa shape index (κ3) is 5.71. The van der Waals surface area contributed by atoms with Gasteiger partial charge in [0, 0.05) is 10.9 Å². The van der Waals surface area contributed by atoms with Crippen LogP contribution in [-0.2, 0) is 4.79 Å². The number of carbonyl (C=O) groups is 1. The zero-order valence-corrected chi connectivity index (χ0v) is 14.6. The standard InChI is InChI=1S/C16H24N2O2S.ClH/c1-2-20-13-6-8-14(9-7-13)21-11-16(19)18-15-5-3-4-12(15)10-17;/h6-9,12,15H,2-5,10-11,17H2,1H3,(H,18,19);1H. The number of hydrogen-bond acceptors (Lipinski definition) is 4. The molecule has 124 valence electrons. The molecule has 0 aliphatic heterocycles. The summed E-state index contributed by atoms with van der Waals surface area (Å²) in [5, 5.41) is 3.12. The summed E-state index contributed by atoms with van der Waals surface area (Å²) >= 11 is 1.55. The number of ether oxygens (including phenoxy) is 1. The fourth-order valence-electron chi connectivity index (χ4n) is 2.71. The second-order valence-corrected chi connectivity index (χ2v) is 6.34. The summed E-state index contributed by atoms with van der Waals surface area (Å²) in [7, 11) is 0. The zero-order valence-electron chi connectivity index (χ0n) is 12.9. The van der Waals surface area contributed by atoms with Gasteiger partial charge in [-0.3, -0.25) is 4.79 Å². The van der Waals surface area contributed by atoms with Crippen LogP contribution in [-0.4, -0.2) is 30.9 Å². The van der Waals surface area contributed by atoms with Crippen LogP contribution in [0.15, 0.2) is 29.2 Å². The Balaban J connectivity index is 0.00000242. The van der Waals surface area contributed by atoms with Crippen LogP contribution in [0.1, 0.15) is 26.2 Å². The minimum Gasteiger partial charge on any atom is -0.494 e. The molecule has 4 nitrogen and oxygen atoms in total. The largest absolute Gasteiger partial charge is 0.494 e. The molecule has 6 heteroatoms. The highest BCUT2D eigenvalue weighted by Crippen LogP contribution is 2.25. The van der Waals surface area contributed by atoms with Crippen molar-refractivity contribution in [2.45, 2.75) is 37.1 Å². The van der Waals surface area contributed by atoms with E-state index < -0.39 is 0 Å². The Hall–Kier alpha value is -0.910. The Morgan fingerprint density at radius 3 is 2.73 bits per heavy atom. The fourth-order valence-corrected chi connectivity index (χ4v) is 3.41. The molecular weight excluding hydrogens is 320 g/mol. The molecule has 3 N–H and O–H groups in total. The van der Waals surface area contributed by atoms with E-state index in [1.807, 2.05) is 31.2 Å². The predicted molar refractivity (Wildman–Crippen MR) is 93.9 cm³/mol. The number of rotatable bonds is 7. The van der Waals surface area contributed by atoms with E-state index in [1.165, 1.54) is 6.42 Å². The van der Waals surface area contributed by atoms with Crippen LogP contribution < -0.4 is 15.8 Å². The van der Waals surface area contributed by atoms with Crippen molar-refractivity contribution in [3.63, 3.8) is 0 Å². The third-order valence-electron chi connectivity index (χ3n) is 3.81. The molecule has 0 saturated heterocycles. The molecule has 1 amide bonds. The Morgan fingerprint density at radius 2 is 2.09 bits per heavy atom. The first-order valence-electron chi connectivity index (χ1n) is 7.58. The first kappa shape index (κ1) is 19.1. The van der Waals surface area contributed by atoms with Crippen molar-refractivity contribution in [1.29, 1.82) is 0 Å². The van der Waals surface area contributed by atoms with Crippen LogP contribution in [0.25, 0.3) is 0 Å². The third-order valence-corrected chi connectivity index (χ3v) is 4.82. The summed E-state index contributed by atoms with van der Waals surface area (Å²) in [6.07, 6.45) is 3.35. The molecule has 1 saturated carbocycles. The Bertz CT molecular complexity index is 456. The van der Waals surface area contributed by atoms with E-state index in [2.05, 4.69) is 5.32 Å². The van der Waals surface area contributed by atoms with Crippen molar-refractivity contribution >= 4 is 30.1 Å². The lowest BCUT2D eigenvalue weighted by molar-refractivity contribution is -0.119. The van der Waals surface area contributed by atoms with Crippen LogP contribution in [0.3, 0.4) is 0 Å². The van der Waals surface area contributed by atoms with Gasteiger partial charge in [0.05, 0.1) is 12.4 Å². The highest BCUT2D eigenvalue weighted by Gasteiger charge is 2.27. The van der Waals surface area contributed by atoms with E-state index in [4.69, 9.17) is 10.5 Å². The number of hydrogen-bond donors (Lipinski definition) is 2. The molecule has 1 fully saturated rings. The quantitative estimate of drug-likeness (QED) is 0.746. The van der Waals surface area contributed by atoms with Crippen molar-refractivity contribution in [3.05, 3.63) is 24.3 Å². The molecule has 0 bridgehead atoms. The highest BCUT2D eigenvalue weighted by molar-refractivity contribution is 8.00. The van der Waals surface area contributed by atoms with Crippen molar-refractivity contribution in [2.75, 3.05) is 18.9 Å². The van der Waals surface area contributed by atoms with E-state index in [0.29, 0.717) is 24.8 Å². The molecule has 0 spiro atoms. The average molecular weight is 345 g/mol. The summed E-state index contributed by atoms with van der Waals surface area (Å²) in [6, 6.07) is 8.11. The maximum atomic E-state index is 12.0. The minimum atomic E-state index is 0. The predicted octanol–water partition coefficient (Wildman–Crippen LogP) is 2.84. The van der Waals surface area contributed by atoms with Crippen molar-refractivity contribution in [3.8, 4) is 5.75 Å². The van der Waals surface area contributed by atoms with Gasteiger partial charge < -0.3 is 15.8 Å². The molecule has 1 aromatic carbocycles. The fraction of sp³-hybridized carbons (Fsp3) is 0.562. The second kappa shape index (κ2) is 9.98. The van der Waals surface area contributed by atoms with Gasteiger partial charge in [0.1, 0.15) is 5.75 Å². The number of amides is 1. The van der Waals surface area contributed by atoms with Gasteiger partial charge in [0.15, 0.2) is 0 Å². The monoisotopic (exact) mass is 344 g/mol. The molecule has 0 radical (unpaired) electrons. The molecule has 1 aliphatic rings. The van der Waals surface area contributed by atoms with Crippen molar-refractivity contribution < 1.29 is 9.53 Å². The first-order chi connectivity index (χ1) is 10.2. The van der Waals surface area contributed by atoms with Gasteiger partial charge >= 0.3 is 0 Å². The number of nitrogens with one attached hydrogen (secondary N) is 1. The lowest BCUT2D eigenvalue weighted by atomic mass is 10.0. The lowest BCUT2D eigenvalue weighted by Gasteiger charge is -2.19. The van der Waals surface area contributed by atoms with Crippen molar-refractivity contribution in [2.24, 2.45) is 11.7 Å². The van der Waals surface area contributed by atoms with Gasteiger partial charge in [-0.2, -0.15) is 0 Å². The van der Waals surface area contributed by atoms with E-state index in [0.717, 1.165) is 23.5 Å². The Morgan fingerprint density at radius 1 is 1.36 bits per heavy atom. The van der Waals surface area contributed by atoms with E-state index >= 15 is 0 Å². The van der Waals surface area contributed by atoms with Crippen LogP contribution in [0.4, 0.5) is 0 Å². The SMILES string of the molecule is CCOc1ccc(SCC(=O)NC2CCCC2CN)cc1.Cl. The van der Waals surface area contributed by atoms with E-state index in [1.54, 1.807) is 11.8 Å². The molecule has 2 atom stereocenters. The zero-order chi connectivity index (χ0) is 15.1. The summed E-state index contributed by atoms with van der Waals surface area (Å²) in [5.41, 5.74) is 5.74. The number of nitrogens with two attached hydrogens (primary N) is 1. The molecule has 1 aliphatic carbocycles. The van der Waals surface area contributed by atoms with Gasteiger partial charge in [0.2, 0.25) is 5.91 Å². The van der Waals surface area contributed by atoms with Gasteiger partial charge in [-0.1, -0.05) is 6.42 Å². The molecule has 2 rings (SSSR count). The van der Waals surface area contributed by atoms with E-state index in [9.17, 15) is 4.79 Å². The molecule has 2 unspecified atom stereocenters. The summed E-state index contributed by atoms with van der Waals surface area (Å²) in [5.74, 6) is 1.86. The number of carbonyl (C=O) groups excluding carboxylic acids is 1. The highest BCUT2D eigenvalue weighted by atomic mass is 35.5. The van der Waals surface area contributed by atoms with Crippen LogP contribution >= 0.6 is 24.2 Å².